The molecular formula is C54H43Cl3I2N10O8S3. The molecule has 0 aliphatic rings. The minimum absolute atomic E-state index is 0.00940. The second-order valence-corrected chi connectivity index (χ2v) is 24.6. The molecule has 3 aromatic carbocycles. The van der Waals surface area contributed by atoms with Gasteiger partial charge in [0.05, 0.1) is 106 Å². The molecular weight excluding hydrogens is 1370 g/mol. The first-order chi connectivity index (χ1) is 38.6. The van der Waals surface area contributed by atoms with Gasteiger partial charge >= 0.3 is 5.97 Å². The van der Waals surface area contributed by atoms with Crippen molar-refractivity contribution in [1.82, 2.24) is 49.5 Å². The average molecular weight is 1420 g/mol. The van der Waals surface area contributed by atoms with Crippen molar-refractivity contribution in [2.24, 2.45) is 0 Å². The summed E-state index contributed by atoms with van der Waals surface area (Å²) in [5, 5.41) is 44.0. The van der Waals surface area contributed by atoms with Gasteiger partial charge in [0.25, 0.3) is 5.56 Å². The van der Waals surface area contributed by atoms with E-state index in [1.165, 1.54) is 56.4 Å². The van der Waals surface area contributed by atoms with Crippen LogP contribution in [0.5, 0.6) is 0 Å². The second-order valence-electron chi connectivity index (χ2n) is 17.0. The molecule has 0 saturated carbocycles. The lowest BCUT2D eigenvalue weighted by molar-refractivity contribution is 0.0600. The normalized spacial score (nSPS) is 10.9. The van der Waals surface area contributed by atoms with E-state index in [1.54, 1.807) is 113 Å². The lowest BCUT2D eigenvalue weighted by Gasteiger charge is -2.11. The number of esters is 1. The van der Waals surface area contributed by atoms with Crippen molar-refractivity contribution < 1.29 is 34.1 Å². The fourth-order valence-corrected chi connectivity index (χ4v) is 11.8. The van der Waals surface area contributed by atoms with E-state index >= 15 is 0 Å². The number of hydrogen-bond donors (Lipinski definition) is 2. The van der Waals surface area contributed by atoms with Crippen LogP contribution in [0.4, 0.5) is 0 Å². The van der Waals surface area contributed by atoms with Crippen LogP contribution in [0, 0.1) is 7.14 Å². The Hall–Kier alpha value is -6.14. The number of halogens is 5. The lowest BCUT2D eigenvalue weighted by Crippen LogP contribution is -2.16. The Morgan fingerprint density at radius 2 is 0.975 bits per heavy atom. The molecule has 0 spiro atoms. The van der Waals surface area contributed by atoms with Crippen LogP contribution >= 0.6 is 114 Å². The molecule has 0 fully saturated rings. The van der Waals surface area contributed by atoms with Crippen molar-refractivity contribution >= 4 is 137 Å². The Balaban J connectivity index is 0.000000159. The summed E-state index contributed by atoms with van der Waals surface area (Å²) in [6.45, 7) is -0.295. The molecule has 0 amide bonds. The molecule has 7 heterocycles. The number of aryl methyl sites for hydroxylation is 3. The van der Waals surface area contributed by atoms with Gasteiger partial charge in [-0.3, -0.25) is 23.7 Å². The standard InChI is InChI=1S/C21H17ClN4O3S.C17H13ClIN3O3S.C16H13ClIN3O2S/c22-20-9-8-19(30-20)18(28)7-4-15-12-26(24-23-15)17-6-5-16(11-14(17)13-27)25-10-2-1-3-21(25)29;1-25-17(24)12-8-10(19)2-4-13(12)22-9-11(20-21-22)3-5-14(23)15-6-7-16(18)26-15;17-16-6-5-15(24-16)14(23)4-2-12-8-21(20-19-12)13-3-1-11(18)7-10(13)9-22/h1-3,5-6,8-12,27H,4,7,13H2;2,4,6-9H,3,5H2,1H3;1,3,5-8,22H,2,4,9H2. The monoisotopic (exact) mass is 1410 g/mol. The third-order valence-electron chi connectivity index (χ3n) is 11.6. The van der Waals surface area contributed by atoms with Crippen LogP contribution in [0.15, 0.2) is 139 Å². The Morgan fingerprint density at radius 1 is 0.550 bits per heavy atom. The number of ketones is 3. The van der Waals surface area contributed by atoms with Crippen molar-refractivity contribution in [3.05, 3.63) is 213 Å². The van der Waals surface area contributed by atoms with Crippen LogP contribution in [0.1, 0.15) is 86.8 Å². The van der Waals surface area contributed by atoms with Crippen LogP contribution in [0.25, 0.3) is 22.7 Å². The molecule has 0 bridgehead atoms. The van der Waals surface area contributed by atoms with Crippen LogP contribution in [0.2, 0.25) is 13.0 Å². The SMILES string of the molecule is COC(=O)c1cc(I)ccc1-n1cc(CCC(=O)c2ccc(Cl)s2)nn1.O=C(CCc1cn(-c2ccc(-n3ccccc3=O)cc2CO)nn1)c1ccc(Cl)s1.O=C(CCc1cn(-c2ccc(I)cc2CO)nn1)c1ccc(Cl)s1. The highest BCUT2D eigenvalue weighted by atomic mass is 127. The third kappa shape index (κ3) is 15.9. The highest BCUT2D eigenvalue weighted by Gasteiger charge is 2.18. The minimum atomic E-state index is -0.444. The predicted octanol–water partition coefficient (Wildman–Crippen LogP) is 11.5. The molecule has 0 aliphatic heterocycles. The van der Waals surface area contributed by atoms with Gasteiger partial charge in [-0.15, -0.1) is 49.3 Å². The number of Topliss-reactive ketones (excluding diaryl/α,β-unsaturated/α-hetero) is 3. The number of carbonyl (C=O) groups excluding carboxylic acids is 4. The van der Waals surface area contributed by atoms with E-state index in [4.69, 9.17) is 39.5 Å². The highest BCUT2D eigenvalue weighted by Crippen LogP contribution is 2.27. The smallest absolute Gasteiger partial charge is 0.340 e. The zero-order valence-corrected chi connectivity index (χ0v) is 50.8. The number of methoxy groups -OCH3 is 1. The van der Waals surface area contributed by atoms with Crippen molar-refractivity contribution in [3.8, 4) is 22.7 Å². The molecule has 0 saturated heterocycles. The summed E-state index contributed by atoms with van der Waals surface area (Å²) in [5.41, 5.74) is 6.34. The van der Waals surface area contributed by atoms with Crippen LogP contribution < -0.4 is 5.56 Å². The van der Waals surface area contributed by atoms with E-state index in [2.05, 4.69) is 76.1 Å². The van der Waals surface area contributed by atoms with Crippen molar-refractivity contribution in [1.29, 1.82) is 0 Å². The molecule has 26 heteroatoms. The summed E-state index contributed by atoms with van der Waals surface area (Å²) in [6.07, 6.45) is 9.28. The maximum atomic E-state index is 12.2. The number of ether oxygens (including phenoxy) is 1. The van der Waals surface area contributed by atoms with E-state index in [-0.39, 0.29) is 36.1 Å². The third-order valence-corrected chi connectivity index (χ3v) is 16.8. The van der Waals surface area contributed by atoms with E-state index in [9.17, 15) is 34.2 Å². The predicted molar refractivity (Wildman–Crippen MR) is 324 cm³/mol. The Kier molecular flexibility index (Phi) is 21.4. The Morgan fingerprint density at radius 3 is 1.40 bits per heavy atom. The number of aliphatic hydroxyl groups excluding tert-OH is 2. The molecule has 0 aliphatic carbocycles. The van der Waals surface area contributed by atoms with Gasteiger partial charge in [-0.25, -0.2) is 18.8 Å². The number of aliphatic hydroxyl groups is 2. The molecule has 410 valence electrons. The Bertz CT molecular complexity index is 3890. The number of aromatic nitrogens is 10. The molecule has 0 radical (unpaired) electrons. The second kappa shape index (κ2) is 28.5. The lowest BCUT2D eigenvalue weighted by atomic mass is 10.1. The molecule has 2 N–H and O–H groups in total. The minimum Gasteiger partial charge on any atom is -0.465 e. The molecule has 10 rings (SSSR count). The first-order valence-corrected chi connectivity index (χ1v) is 29.6. The fourth-order valence-electron chi connectivity index (χ4n) is 7.68. The van der Waals surface area contributed by atoms with E-state index in [0.29, 0.717) is 106 Å². The topological polar surface area (TPSA) is 232 Å². The summed E-state index contributed by atoms with van der Waals surface area (Å²) in [7, 11) is 1.33. The van der Waals surface area contributed by atoms with Gasteiger partial charge in [0.1, 0.15) is 0 Å². The van der Waals surface area contributed by atoms with E-state index < -0.39 is 5.97 Å². The summed E-state index contributed by atoms with van der Waals surface area (Å²) < 4.78 is 14.8. The van der Waals surface area contributed by atoms with Gasteiger partial charge < -0.3 is 14.9 Å². The van der Waals surface area contributed by atoms with Crippen molar-refractivity contribution in [2.75, 3.05) is 7.11 Å². The van der Waals surface area contributed by atoms with Gasteiger partial charge in [0.2, 0.25) is 0 Å². The summed E-state index contributed by atoms with van der Waals surface area (Å²) in [4.78, 5) is 62.5. The maximum Gasteiger partial charge on any atom is 0.340 e. The average Bonchev–Trinajstić information content (AvgIpc) is 4.37. The fraction of sp³-hybridized carbons (Fsp3) is 0.167. The number of carbonyl (C=O) groups is 4. The first-order valence-electron chi connectivity index (χ1n) is 23.9. The van der Waals surface area contributed by atoms with Gasteiger partial charge in [0.15, 0.2) is 17.3 Å². The maximum absolute atomic E-state index is 12.2. The largest absolute Gasteiger partial charge is 0.465 e. The van der Waals surface area contributed by atoms with Crippen LogP contribution in [-0.4, -0.2) is 90.2 Å². The summed E-state index contributed by atoms with van der Waals surface area (Å²) >= 11 is 25.7. The number of rotatable bonds is 19. The number of thiophene rings is 3. The molecule has 18 nitrogen and oxygen atoms in total. The summed E-state index contributed by atoms with van der Waals surface area (Å²) in [6, 6.07) is 31.7. The number of pyridine rings is 1. The van der Waals surface area contributed by atoms with Gasteiger partial charge in [-0.05, 0) is 142 Å². The first kappa shape index (κ1) is 60.0. The molecule has 0 atom stereocenters. The number of nitrogens with zero attached hydrogens (tertiary/aromatic N) is 10. The van der Waals surface area contributed by atoms with Gasteiger partial charge in [0, 0.05) is 74.7 Å². The molecule has 0 unspecified atom stereocenters. The summed E-state index contributed by atoms with van der Waals surface area (Å²) in [5.74, 6) is -0.372. The zero-order chi connectivity index (χ0) is 56.9. The number of benzene rings is 3. The highest BCUT2D eigenvalue weighted by molar-refractivity contribution is 14.1. The van der Waals surface area contributed by atoms with Crippen LogP contribution in [0.3, 0.4) is 0 Å². The molecule has 7 aromatic heterocycles. The number of hydrogen-bond acceptors (Lipinski definition) is 17. The quantitative estimate of drug-likeness (QED) is 0.0436. The van der Waals surface area contributed by atoms with Crippen LogP contribution in [-0.2, 0) is 37.2 Å². The molecule has 10 aromatic rings. The van der Waals surface area contributed by atoms with E-state index in [0.717, 1.165) is 24.1 Å². The van der Waals surface area contributed by atoms with Gasteiger partial charge in [-0.1, -0.05) is 56.5 Å². The zero-order valence-electron chi connectivity index (χ0n) is 41.8. The molecule has 80 heavy (non-hydrogen) atoms. The van der Waals surface area contributed by atoms with Gasteiger partial charge in [-0.2, -0.15) is 0 Å². The van der Waals surface area contributed by atoms with E-state index in [1.807, 2.05) is 24.3 Å². The Labute approximate surface area is 510 Å². The van der Waals surface area contributed by atoms with Crippen molar-refractivity contribution in [3.63, 3.8) is 0 Å². The van der Waals surface area contributed by atoms with Crippen molar-refractivity contribution in [2.45, 2.75) is 51.7 Å².